The number of aliphatic hydroxyl groups excluding tert-OH is 2. The van der Waals surface area contributed by atoms with Crippen LogP contribution in [0.4, 0.5) is 0 Å². The van der Waals surface area contributed by atoms with E-state index in [1.165, 1.54) is 18.2 Å². The van der Waals surface area contributed by atoms with E-state index in [1.54, 1.807) is 6.07 Å². The van der Waals surface area contributed by atoms with Crippen molar-refractivity contribution >= 4 is 0 Å². The molecule has 0 bridgehead atoms. The largest absolute Gasteiger partial charge is 0.508 e. The van der Waals surface area contributed by atoms with Crippen molar-refractivity contribution in [3.8, 4) is 24.0 Å². The number of phenols is 2. The van der Waals surface area contributed by atoms with E-state index in [-0.39, 0.29) is 11.5 Å². The summed E-state index contributed by atoms with van der Waals surface area (Å²) in [6, 6.07) is 5.85. The molecule has 0 saturated heterocycles. The second-order valence-corrected chi connectivity index (χ2v) is 1.72. The highest BCUT2D eigenvalue weighted by Crippen LogP contribution is 2.14. The van der Waals surface area contributed by atoms with Gasteiger partial charge in [-0.15, -0.1) is 0 Å². The van der Waals surface area contributed by atoms with Gasteiger partial charge in [0.05, 0.1) is 0 Å². The molecule has 14 heavy (non-hydrogen) atoms. The Balaban J connectivity index is 0. The summed E-state index contributed by atoms with van der Waals surface area (Å²) in [7, 11) is 0. The third kappa shape index (κ3) is 12.1. The molecule has 0 aliphatic carbocycles. The molecule has 6 nitrogen and oxygen atoms in total. The van der Waals surface area contributed by atoms with Crippen molar-refractivity contribution in [1.29, 1.82) is 10.5 Å². The van der Waals surface area contributed by atoms with Gasteiger partial charge in [0, 0.05) is 6.07 Å². The number of hydrogen-bond donors (Lipinski definition) is 4. The molecular weight excluding hydrogens is 188 g/mol. The summed E-state index contributed by atoms with van der Waals surface area (Å²) < 4.78 is 0. The van der Waals surface area contributed by atoms with E-state index >= 15 is 0 Å². The number of nitrogens with zero attached hydrogens (tertiary/aromatic N) is 2. The first-order valence-corrected chi connectivity index (χ1v) is 3.16. The molecule has 0 unspecified atom stereocenters. The lowest BCUT2D eigenvalue weighted by atomic mass is 10.3. The summed E-state index contributed by atoms with van der Waals surface area (Å²) in [6.45, 7) is 0. The number of hydrogen-bond acceptors (Lipinski definition) is 6. The van der Waals surface area contributed by atoms with Crippen LogP contribution in [0.3, 0.4) is 0 Å². The van der Waals surface area contributed by atoms with E-state index in [1.807, 2.05) is 0 Å². The lowest BCUT2D eigenvalue weighted by Gasteiger charge is -1.89. The van der Waals surface area contributed by atoms with Crippen LogP contribution in [-0.2, 0) is 0 Å². The molecule has 1 aromatic carbocycles. The van der Waals surface area contributed by atoms with Gasteiger partial charge in [-0.25, -0.2) is 0 Å². The van der Waals surface area contributed by atoms with Gasteiger partial charge < -0.3 is 20.4 Å². The summed E-state index contributed by atoms with van der Waals surface area (Å²) in [5.41, 5.74) is 0. The van der Waals surface area contributed by atoms with E-state index in [2.05, 4.69) is 0 Å². The molecule has 0 spiro atoms. The van der Waals surface area contributed by atoms with E-state index in [9.17, 15) is 0 Å². The Labute approximate surface area is 80.1 Å². The first-order valence-electron chi connectivity index (χ1n) is 3.16. The molecular formula is C8H8N2O4. The van der Waals surface area contributed by atoms with Crippen molar-refractivity contribution in [2.75, 3.05) is 0 Å². The molecule has 6 heteroatoms. The molecule has 1 rings (SSSR count). The second kappa shape index (κ2) is 10.4. The number of phenolic OH excluding ortho intramolecular Hbond substituents is 2. The Bertz CT molecular complexity index is 298. The first-order chi connectivity index (χ1) is 6.62. The summed E-state index contributed by atoms with van der Waals surface area (Å²) in [4.78, 5) is 0. The highest BCUT2D eigenvalue weighted by molar-refractivity contribution is 5.30. The summed E-state index contributed by atoms with van der Waals surface area (Å²) in [5, 5.41) is 44.8. The highest BCUT2D eigenvalue weighted by atomic mass is 16.3. The van der Waals surface area contributed by atoms with Gasteiger partial charge in [0.15, 0.2) is 0 Å². The predicted octanol–water partition coefficient (Wildman–Crippen LogP) is 0.778. The summed E-state index contributed by atoms with van der Waals surface area (Å²) in [5.74, 6) is 0.176. The molecule has 1 aromatic rings. The van der Waals surface area contributed by atoms with Crippen LogP contribution in [0.5, 0.6) is 11.5 Å². The quantitative estimate of drug-likeness (QED) is 0.454. The number of aromatic hydroxyl groups is 2. The predicted molar refractivity (Wildman–Crippen MR) is 44.9 cm³/mol. The maximum atomic E-state index is 8.65. The lowest BCUT2D eigenvalue weighted by Crippen LogP contribution is -1.61. The monoisotopic (exact) mass is 196 g/mol. The average Bonchev–Trinajstić information content (AvgIpc) is 2.06. The number of aliphatic hydroxyl groups is 2. The molecule has 0 aromatic heterocycles. The van der Waals surface area contributed by atoms with E-state index in [0.717, 1.165) is 12.5 Å². The van der Waals surface area contributed by atoms with Crippen LogP contribution >= 0.6 is 0 Å². The van der Waals surface area contributed by atoms with Crippen molar-refractivity contribution < 1.29 is 20.4 Å². The van der Waals surface area contributed by atoms with Crippen molar-refractivity contribution in [3.05, 3.63) is 24.3 Å². The fourth-order valence-corrected chi connectivity index (χ4v) is 0.493. The van der Waals surface area contributed by atoms with Gasteiger partial charge in [-0.2, -0.15) is 10.5 Å². The zero-order valence-electron chi connectivity index (χ0n) is 6.99. The molecule has 0 aliphatic rings. The van der Waals surface area contributed by atoms with Crippen LogP contribution < -0.4 is 0 Å². The van der Waals surface area contributed by atoms with Gasteiger partial charge in [-0.3, -0.25) is 0 Å². The van der Waals surface area contributed by atoms with Crippen molar-refractivity contribution in [2.45, 2.75) is 0 Å². The Hall–Kier alpha value is -2.60. The smallest absolute Gasteiger partial charge is 0.283 e. The van der Waals surface area contributed by atoms with E-state index in [0.29, 0.717) is 0 Å². The van der Waals surface area contributed by atoms with Crippen molar-refractivity contribution in [2.24, 2.45) is 0 Å². The third-order valence-electron chi connectivity index (χ3n) is 0.830. The molecule has 4 N–H and O–H groups in total. The molecule has 0 saturated carbocycles. The number of nitriles is 2. The SMILES string of the molecule is N#CO.N#CO.Oc1cccc(O)c1. The average molecular weight is 196 g/mol. The minimum absolute atomic E-state index is 0.0880. The van der Waals surface area contributed by atoms with Crippen LogP contribution in [-0.4, -0.2) is 20.4 Å². The zero-order valence-corrected chi connectivity index (χ0v) is 6.99. The summed E-state index contributed by atoms with van der Waals surface area (Å²) >= 11 is 0. The minimum atomic E-state index is 0.0880. The Morgan fingerprint density at radius 3 is 1.36 bits per heavy atom. The van der Waals surface area contributed by atoms with Gasteiger partial charge in [-0.05, 0) is 12.1 Å². The van der Waals surface area contributed by atoms with Gasteiger partial charge in [0.1, 0.15) is 11.5 Å². The maximum Gasteiger partial charge on any atom is 0.283 e. The lowest BCUT2D eigenvalue weighted by molar-refractivity contribution is 0.450. The van der Waals surface area contributed by atoms with Crippen LogP contribution in [0.25, 0.3) is 0 Å². The molecule has 0 atom stereocenters. The Morgan fingerprint density at radius 1 is 0.929 bits per heavy atom. The van der Waals surface area contributed by atoms with Crippen LogP contribution in [0.2, 0.25) is 0 Å². The molecule has 0 heterocycles. The van der Waals surface area contributed by atoms with Gasteiger partial charge in [0.2, 0.25) is 0 Å². The number of rotatable bonds is 0. The second-order valence-electron chi connectivity index (χ2n) is 1.72. The van der Waals surface area contributed by atoms with Crippen molar-refractivity contribution in [3.63, 3.8) is 0 Å². The maximum absolute atomic E-state index is 8.65. The molecule has 74 valence electrons. The van der Waals surface area contributed by atoms with Gasteiger partial charge in [-0.1, -0.05) is 6.07 Å². The van der Waals surface area contributed by atoms with Gasteiger partial charge in [0.25, 0.3) is 12.5 Å². The molecule has 0 fully saturated rings. The Kier molecular flexibility index (Phi) is 10.4. The molecule has 0 radical (unpaired) electrons. The van der Waals surface area contributed by atoms with Crippen LogP contribution in [0.1, 0.15) is 0 Å². The topological polar surface area (TPSA) is 128 Å². The van der Waals surface area contributed by atoms with Gasteiger partial charge >= 0.3 is 0 Å². The Morgan fingerprint density at radius 2 is 1.21 bits per heavy atom. The normalized spacial score (nSPS) is 6.14. The summed E-state index contributed by atoms with van der Waals surface area (Å²) in [6.07, 6.45) is 1.50. The molecule has 0 aliphatic heterocycles. The van der Waals surface area contributed by atoms with E-state index < -0.39 is 0 Å². The highest BCUT2D eigenvalue weighted by Gasteiger charge is 1.85. The zero-order chi connectivity index (χ0) is 11.4. The van der Waals surface area contributed by atoms with Crippen LogP contribution in [0, 0.1) is 23.0 Å². The van der Waals surface area contributed by atoms with Crippen molar-refractivity contribution in [1.82, 2.24) is 0 Å². The van der Waals surface area contributed by atoms with Crippen LogP contribution in [0.15, 0.2) is 24.3 Å². The molecule has 0 amide bonds. The fraction of sp³-hybridized carbons (Fsp3) is 0. The minimum Gasteiger partial charge on any atom is -0.508 e. The fourth-order valence-electron chi connectivity index (χ4n) is 0.493. The number of benzene rings is 1. The van der Waals surface area contributed by atoms with E-state index in [4.69, 9.17) is 30.9 Å². The first kappa shape index (κ1) is 14.0. The third-order valence-corrected chi connectivity index (χ3v) is 0.830. The standard InChI is InChI=1S/C6H6O2.2CHNO/c7-5-2-1-3-6(8)4-5;2*2-1-3/h1-4,7-8H;2*3H.